The Kier molecular flexibility index (Phi) is 4.50. The Bertz CT molecular complexity index is 336. The smallest absolute Gasteiger partial charge is 0.218 e. The van der Waals surface area contributed by atoms with Crippen molar-refractivity contribution in [3.05, 3.63) is 35.9 Å². The van der Waals surface area contributed by atoms with E-state index >= 15 is 0 Å². The molecule has 4 heteroatoms. The second-order valence-corrected chi connectivity index (χ2v) is 3.18. The summed E-state index contributed by atoms with van der Waals surface area (Å²) in [5.74, 6) is -0.352. The molecule has 0 fully saturated rings. The summed E-state index contributed by atoms with van der Waals surface area (Å²) in [6.45, 7) is 0.672. The normalized spacial score (nSPS) is 9.87. The summed E-state index contributed by atoms with van der Waals surface area (Å²) < 4.78 is 0. The van der Waals surface area contributed by atoms with Gasteiger partial charge in [-0.05, 0) is 0 Å². The van der Waals surface area contributed by atoms with Crippen molar-refractivity contribution < 1.29 is 9.59 Å². The lowest BCUT2D eigenvalue weighted by Crippen LogP contribution is -2.27. The van der Waals surface area contributed by atoms with Gasteiger partial charge in [0.05, 0.1) is 6.54 Å². The second-order valence-electron chi connectivity index (χ2n) is 3.18. The number of rotatable bonds is 6. The average molecular weight is 206 g/mol. The molecule has 1 rings (SSSR count). The Morgan fingerprint density at radius 2 is 1.87 bits per heavy atom. The Morgan fingerprint density at radius 3 is 2.47 bits per heavy atom. The quantitative estimate of drug-likeness (QED) is 0.520. The molecule has 0 heterocycles. The number of benzene rings is 1. The number of primary amides is 1. The van der Waals surface area contributed by atoms with Crippen molar-refractivity contribution in [1.82, 2.24) is 5.32 Å². The van der Waals surface area contributed by atoms with Crippen LogP contribution < -0.4 is 11.1 Å². The number of nitrogens with one attached hydrogen (secondary N) is 1. The third-order valence-electron chi connectivity index (χ3n) is 1.93. The molecule has 3 N–H and O–H groups in total. The minimum Gasteiger partial charge on any atom is -0.370 e. The molecule has 0 aliphatic rings. The molecule has 15 heavy (non-hydrogen) atoms. The molecule has 0 aliphatic carbocycles. The van der Waals surface area contributed by atoms with Gasteiger partial charge < -0.3 is 11.1 Å². The minimum absolute atomic E-state index is 0.0140. The van der Waals surface area contributed by atoms with Gasteiger partial charge in [-0.15, -0.1) is 0 Å². The number of Topliss-reactive ketones (excluding diaryl/α,β-unsaturated/α-hetero) is 1. The first-order valence-corrected chi connectivity index (χ1v) is 4.77. The summed E-state index contributed by atoms with van der Waals surface area (Å²) in [6, 6.07) is 9.01. The van der Waals surface area contributed by atoms with Crippen LogP contribution in [0.1, 0.15) is 16.8 Å². The van der Waals surface area contributed by atoms with Crippen LogP contribution in [0.2, 0.25) is 0 Å². The number of carbonyl (C=O) groups excluding carboxylic acids is 2. The fourth-order valence-corrected chi connectivity index (χ4v) is 1.14. The second kappa shape index (κ2) is 5.93. The van der Waals surface area contributed by atoms with Crippen molar-refractivity contribution >= 4 is 11.7 Å². The molecular weight excluding hydrogens is 192 g/mol. The highest BCUT2D eigenvalue weighted by molar-refractivity contribution is 5.97. The van der Waals surface area contributed by atoms with E-state index in [0.717, 1.165) is 0 Å². The molecule has 1 aromatic rings. The van der Waals surface area contributed by atoms with Crippen molar-refractivity contribution in [3.63, 3.8) is 0 Å². The molecule has 0 unspecified atom stereocenters. The van der Waals surface area contributed by atoms with E-state index in [1.165, 1.54) is 0 Å². The predicted octanol–water partition coefficient (Wildman–Crippen LogP) is 0.334. The van der Waals surface area contributed by atoms with E-state index in [1.807, 2.05) is 18.2 Å². The zero-order chi connectivity index (χ0) is 11.1. The molecule has 0 aromatic heterocycles. The van der Waals surface area contributed by atoms with Gasteiger partial charge in [0.15, 0.2) is 5.78 Å². The standard InChI is InChI=1S/C11H14N2O2/c12-11(15)6-7-13-8-10(14)9-4-2-1-3-5-9/h1-5,13H,6-8H2,(H2,12,15). The monoisotopic (exact) mass is 206 g/mol. The lowest BCUT2D eigenvalue weighted by atomic mass is 10.1. The third kappa shape index (κ3) is 4.37. The van der Waals surface area contributed by atoms with E-state index in [-0.39, 0.29) is 24.7 Å². The topological polar surface area (TPSA) is 72.2 Å². The molecule has 0 aliphatic heterocycles. The van der Waals surface area contributed by atoms with Gasteiger partial charge in [-0.2, -0.15) is 0 Å². The molecule has 0 radical (unpaired) electrons. The fraction of sp³-hybridized carbons (Fsp3) is 0.273. The maximum absolute atomic E-state index is 11.5. The van der Waals surface area contributed by atoms with Crippen molar-refractivity contribution in [2.24, 2.45) is 5.73 Å². The zero-order valence-corrected chi connectivity index (χ0v) is 8.40. The van der Waals surface area contributed by atoms with Crippen LogP contribution in [0.5, 0.6) is 0 Å². The first kappa shape index (κ1) is 11.4. The van der Waals surface area contributed by atoms with Crippen LogP contribution in [0.3, 0.4) is 0 Å². The maximum atomic E-state index is 11.5. The SMILES string of the molecule is NC(=O)CCNCC(=O)c1ccccc1. The van der Waals surface area contributed by atoms with Crippen molar-refractivity contribution in [2.45, 2.75) is 6.42 Å². The summed E-state index contributed by atoms with van der Waals surface area (Å²) in [5, 5.41) is 2.86. The van der Waals surface area contributed by atoms with E-state index in [0.29, 0.717) is 12.1 Å². The van der Waals surface area contributed by atoms with Crippen LogP contribution in [-0.4, -0.2) is 24.8 Å². The molecule has 4 nitrogen and oxygen atoms in total. The van der Waals surface area contributed by atoms with Crippen molar-refractivity contribution in [2.75, 3.05) is 13.1 Å². The van der Waals surface area contributed by atoms with Gasteiger partial charge in [0.2, 0.25) is 5.91 Å². The van der Waals surface area contributed by atoms with Crippen LogP contribution in [0.4, 0.5) is 0 Å². The summed E-state index contributed by atoms with van der Waals surface area (Å²) in [6.07, 6.45) is 0.252. The Balaban J connectivity index is 2.28. The third-order valence-corrected chi connectivity index (χ3v) is 1.93. The minimum atomic E-state index is -0.366. The van der Waals surface area contributed by atoms with Gasteiger partial charge in [-0.3, -0.25) is 9.59 Å². The summed E-state index contributed by atoms with van der Waals surface area (Å²) in [7, 11) is 0. The number of ketones is 1. The predicted molar refractivity (Wildman–Crippen MR) is 57.5 cm³/mol. The molecule has 0 bridgehead atoms. The van der Waals surface area contributed by atoms with Crippen molar-refractivity contribution in [1.29, 1.82) is 0 Å². The number of nitrogens with two attached hydrogens (primary N) is 1. The van der Waals surface area contributed by atoms with Crippen LogP contribution in [0.15, 0.2) is 30.3 Å². The molecule has 1 amide bonds. The van der Waals surface area contributed by atoms with Gasteiger partial charge in [0.25, 0.3) is 0 Å². The van der Waals surface area contributed by atoms with E-state index in [2.05, 4.69) is 5.32 Å². The summed E-state index contributed by atoms with van der Waals surface area (Å²) in [5.41, 5.74) is 5.63. The molecule has 0 saturated carbocycles. The Hall–Kier alpha value is -1.68. The van der Waals surface area contributed by atoms with Gasteiger partial charge in [0, 0.05) is 18.5 Å². The van der Waals surface area contributed by atoms with E-state index < -0.39 is 0 Å². The highest BCUT2D eigenvalue weighted by Gasteiger charge is 2.03. The van der Waals surface area contributed by atoms with Crippen molar-refractivity contribution in [3.8, 4) is 0 Å². The maximum Gasteiger partial charge on any atom is 0.218 e. The number of carbonyl (C=O) groups is 2. The Labute approximate surface area is 88.5 Å². The lowest BCUT2D eigenvalue weighted by Gasteiger charge is -2.02. The molecule has 0 atom stereocenters. The molecular formula is C11H14N2O2. The van der Waals surface area contributed by atoms with Gasteiger partial charge in [0.1, 0.15) is 0 Å². The molecule has 0 spiro atoms. The van der Waals surface area contributed by atoms with Gasteiger partial charge in [-0.1, -0.05) is 30.3 Å². The molecule has 0 saturated heterocycles. The number of hydrogen-bond donors (Lipinski definition) is 2. The van der Waals surface area contributed by atoms with Crippen LogP contribution in [0, 0.1) is 0 Å². The molecule has 1 aromatic carbocycles. The van der Waals surface area contributed by atoms with Gasteiger partial charge >= 0.3 is 0 Å². The number of hydrogen-bond acceptors (Lipinski definition) is 3. The van der Waals surface area contributed by atoms with E-state index in [4.69, 9.17) is 5.73 Å². The summed E-state index contributed by atoms with van der Waals surface area (Å²) >= 11 is 0. The zero-order valence-electron chi connectivity index (χ0n) is 8.40. The van der Waals surface area contributed by atoms with E-state index in [9.17, 15) is 9.59 Å². The highest BCUT2D eigenvalue weighted by Crippen LogP contribution is 1.98. The lowest BCUT2D eigenvalue weighted by molar-refractivity contribution is -0.117. The first-order valence-electron chi connectivity index (χ1n) is 4.77. The van der Waals surface area contributed by atoms with Gasteiger partial charge in [-0.25, -0.2) is 0 Å². The summed E-state index contributed by atoms with van der Waals surface area (Å²) in [4.78, 5) is 21.9. The fourth-order valence-electron chi connectivity index (χ4n) is 1.14. The number of amides is 1. The largest absolute Gasteiger partial charge is 0.370 e. The van der Waals surface area contributed by atoms with E-state index in [1.54, 1.807) is 12.1 Å². The highest BCUT2D eigenvalue weighted by atomic mass is 16.1. The van der Waals surface area contributed by atoms with Crippen LogP contribution in [0.25, 0.3) is 0 Å². The first-order chi connectivity index (χ1) is 7.20. The average Bonchev–Trinajstić information content (AvgIpc) is 2.25. The van der Waals surface area contributed by atoms with Crippen LogP contribution >= 0.6 is 0 Å². The molecule has 80 valence electrons. The Morgan fingerprint density at radius 1 is 1.20 bits per heavy atom. The van der Waals surface area contributed by atoms with Crippen LogP contribution in [-0.2, 0) is 4.79 Å².